The first kappa shape index (κ1) is 15.8. The van der Waals surface area contributed by atoms with Gasteiger partial charge < -0.3 is 5.32 Å². The number of halogens is 3. The Balaban J connectivity index is 2.21. The SMILES string of the molecule is CCc1ncc(C(=O)Nc2cc(C(C)(F)F)c(Cl)cn2)s1. The molecule has 2 rings (SSSR count). The summed E-state index contributed by atoms with van der Waals surface area (Å²) in [5.74, 6) is -3.53. The summed E-state index contributed by atoms with van der Waals surface area (Å²) in [4.78, 5) is 20.3. The van der Waals surface area contributed by atoms with E-state index in [1.807, 2.05) is 6.92 Å². The number of rotatable bonds is 4. The van der Waals surface area contributed by atoms with Crippen LogP contribution >= 0.6 is 22.9 Å². The van der Waals surface area contributed by atoms with Gasteiger partial charge >= 0.3 is 0 Å². The highest BCUT2D eigenvalue weighted by molar-refractivity contribution is 7.13. The van der Waals surface area contributed by atoms with Gasteiger partial charge in [-0.25, -0.2) is 18.7 Å². The van der Waals surface area contributed by atoms with Gasteiger partial charge in [0.05, 0.1) is 16.2 Å². The predicted octanol–water partition coefficient (Wildman–Crippen LogP) is 4.12. The van der Waals surface area contributed by atoms with E-state index in [9.17, 15) is 13.6 Å². The van der Waals surface area contributed by atoms with Crippen molar-refractivity contribution in [3.8, 4) is 0 Å². The van der Waals surface area contributed by atoms with Gasteiger partial charge in [-0.3, -0.25) is 4.79 Å². The smallest absolute Gasteiger partial charge is 0.272 e. The van der Waals surface area contributed by atoms with E-state index >= 15 is 0 Å². The van der Waals surface area contributed by atoms with E-state index in [2.05, 4.69) is 15.3 Å². The Labute approximate surface area is 129 Å². The minimum atomic E-state index is -3.11. The molecular formula is C13H12ClF2N3OS. The molecule has 0 aliphatic carbocycles. The van der Waals surface area contributed by atoms with Crippen molar-refractivity contribution < 1.29 is 13.6 Å². The highest BCUT2D eigenvalue weighted by Gasteiger charge is 2.28. The number of carbonyl (C=O) groups excluding carboxylic acids is 1. The fraction of sp³-hybridized carbons (Fsp3) is 0.308. The van der Waals surface area contributed by atoms with Gasteiger partial charge in [0.15, 0.2) is 0 Å². The van der Waals surface area contributed by atoms with Crippen LogP contribution in [0, 0.1) is 0 Å². The van der Waals surface area contributed by atoms with Crippen molar-refractivity contribution in [3.63, 3.8) is 0 Å². The number of nitrogens with zero attached hydrogens (tertiary/aromatic N) is 2. The van der Waals surface area contributed by atoms with E-state index < -0.39 is 11.8 Å². The average molecular weight is 332 g/mol. The Morgan fingerprint density at radius 1 is 1.43 bits per heavy atom. The van der Waals surface area contributed by atoms with Gasteiger partial charge in [0.1, 0.15) is 10.7 Å². The highest BCUT2D eigenvalue weighted by Crippen LogP contribution is 2.33. The Hall–Kier alpha value is -1.60. The van der Waals surface area contributed by atoms with Gasteiger partial charge in [0.25, 0.3) is 11.8 Å². The number of aryl methyl sites for hydroxylation is 1. The summed E-state index contributed by atoms with van der Waals surface area (Å²) >= 11 is 6.94. The van der Waals surface area contributed by atoms with Gasteiger partial charge in [-0.2, -0.15) is 0 Å². The largest absolute Gasteiger partial charge is 0.306 e. The summed E-state index contributed by atoms with van der Waals surface area (Å²) in [5.41, 5.74) is -0.381. The van der Waals surface area contributed by atoms with Crippen LogP contribution in [-0.2, 0) is 12.3 Å². The molecule has 1 amide bonds. The van der Waals surface area contributed by atoms with Gasteiger partial charge in [-0.15, -0.1) is 11.3 Å². The quantitative estimate of drug-likeness (QED) is 0.917. The number of hydrogen-bond acceptors (Lipinski definition) is 4. The molecule has 0 spiro atoms. The molecule has 0 radical (unpaired) electrons. The molecule has 0 bridgehead atoms. The first-order chi connectivity index (χ1) is 9.81. The van der Waals surface area contributed by atoms with E-state index in [1.165, 1.54) is 17.5 Å². The third kappa shape index (κ3) is 3.74. The Morgan fingerprint density at radius 2 is 2.14 bits per heavy atom. The molecule has 0 atom stereocenters. The molecular weight excluding hydrogens is 320 g/mol. The number of aromatic nitrogens is 2. The number of nitrogens with one attached hydrogen (secondary N) is 1. The lowest BCUT2D eigenvalue weighted by atomic mass is 10.1. The van der Waals surface area contributed by atoms with Crippen molar-refractivity contribution in [1.29, 1.82) is 0 Å². The lowest BCUT2D eigenvalue weighted by Crippen LogP contribution is -2.14. The van der Waals surface area contributed by atoms with E-state index in [0.717, 1.165) is 30.6 Å². The van der Waals surface area contributed by atoms with Crippen LogP contribution in [0.1, 0.15) is 34.1 Å². The van der Waals surface area contributed by atoms with E-state index in [0.29, 0.717) is 4.88 Å². The van der Waals surface area contributed by atoms with Crippen LogP contribution in [0.4, 0.5) is 14.6 Å². The maximum atomic E-state index is 13.4. The molecule has 21 heavy (non-hydrogen) atoms. The Kier molecular flexibility index (Phi) is 4.53. The zero-order chi connectivity index (χ0) is 15.6. The first-order valence-corrected chi connectivity index (χ1v) is 7.30. The molecule has 0 aliphatic rings. The molecule has 112 valence electrons. The van der Waals surface area contributed by atoms with Crippen LogP contribution in [-0.4, -0.2) is 15.9 Å². The molecule has 2 heterocycles. The molecule has 0 fully saturated rings. The topological polar surface area (TPSA) is 54.9 Å². The zero-order valence-corrected chi connectivity index (χ0v) is 12.9. The minimum absolute atomic E-state index is 0.0207. The highest BCUT2D eigenvalue weighted by atomic mass is 35.5. The Morgan fingerprint density at radius 3 is 2.71 bits per heavy atom. The molecule has 0 unspecified atom stereocenters. The van der Waals surface area contributed by atoms with Crippen molar-refractivity contribution in [2.45, 2.75) is 26.2 Å². The maximum absolute atomic E-state index is 13.4. The third-order valence-corrected chi connectivity index (χ3v) is 4.09. The molecule has 8 heteroatoms. The van der Waals surface area contributed by atoms with Crippen molar-refractivity contribution in [2.75, 3.05) is 5.32 Å². The van der Waals surface area contributed by atoms with Crippen LogP contribution in [0.25, 0.3) is 0 Å². The summed E-state index contributed by atoms with van der Waals surface area (Å²) in [6, 6.07) is 1.07. The number of hydrogen-bond donors (Lipinski definition) is 1. The number of anilines is 1. The van der Waals surface area contributed by atoms with E-state index in [-0.39, 0.29) is 16.4 Å². The van der Waals surface area contributed by atoms with Gasteiger partial charge in [0.2, 0.25) is 0 Å². The van der Waals surface area contributed by atoms with Crippen molar-refractivity contribution in [1.82, 2.24) is 9.97 Å². The number of thiazole rings is 1. The molecule has 0 aliphatic heterocycles. The summed E-state index contributed by atoms with van der Waals surface area (Å²) in [6.45, 7) is 2.66. The second-order valence-corrected chi connectivity index (χ2v) is 5.89. The molecule has 2 aromatic rings. The van der Waals surface area contributed by atoms with E-state index in [4.69, 9.17) is 11.6 Å². The average Bonchev–Trinajstić information content (AvgIpc) is 2.88. The fourth-order valence-electron chi connectivity index (χ4n) is 1.60. The van der Waals surface area contributed by atoms with Crippen LogP contribution < -0.4 is 5.32 Å². The number of carbonyl (C=O) groups is 1. The first-order valence-electron chi connectivity index (χ1n) is 6.11. The molecule has 0 saturated carbocycles. The van der Waals surface area contributed by atoms with Crippen LogP contribution in [0.3, 0.4) is 0 Å². The second kappa shape index (κ2) is 6.03. The normalized spacial score (nSPS) is 11.5. The number of alkyl halides is 2. The monoisotopic (exact) mass is 331 g/mol. The number of pyridine rings is 1. The summed E-state index contributed by atoms with van der Waals surface area (Å²) < 4.78 is 26.7. The third-order valence-electron chi connectivity index (χ3n) is 2.65. The van der Waals surface area contributed by atoms with Crippen LogP contribution in [0.2, 0.25) is 5.02 Å². The summed E-state index contributed by atoms with van der Waals surface area (Å²) in [5, 5.41) is 3.14. The van der Waals surface area contributed by atoms with Gasteiger partial charge in [-0.05, 0) is 12.5 Å². The zero-order valence-electron chi connectivity index (χ0n) is 11.3. The van der Waals surface area contributed by atoms with Crippen molar-refractivity contribution >= 4 is 34.7 Å². The van der Waals surface area contributed by atoms with Crippen LogP contribution in [0.5, 0.6) is 0 Å². The second-order valence-electron chi connectivity index (χ2n) is 4.36. The van der Waals surface area contributed by atoms with Gasteiger partial charge in [-0.1, -0.05) is 18.5 Å². The molecule has 0 saturated heterocycles. The summed E-state index contributed by atoms with van der Waals surface area (Å²) in [6.07, 6.45) is 3.27. The van der Waals surface area contributed by atoms with E-state index in [1.54, 1.807) is 0 Å². The maximum Gasteiger partial charge on any atom is 0.272 e. The molecule has 1 N–H and O–H groups in total. The number of amides is 1. The summed E-state index contributed by atoms with van der Waals surface area (Å²) in [7, 11) is 0. The van der Waals surface area contributed by atoms with Gasteiger partial charge in [0, 0.05) is 18.7 Å². The molecule has 0 aromatic carbocycles. The standard InChI is InChI=1S/C13H12ClF2N3OS/c1-3-11-18-6-9(21-11)12(20)19-10-4-7(13(2,15)16)8(14)5-17-10/h4-6H,3H2,1-2H3,(H,17,19,20). The lowest BCUT2D eigenvalue weighted by Gasteiger charge is -2.13. The molecule has 4 nitrogen and oxygen atoms in total. The van der Waals surface area contributed by atoms with Crippen molar-refractivity contribution in [3.05, 3.63) is 38.9 Å². The van der Waals surface area contributed by atoms with Crippen LogP contribution in [0.15, 0.2) is 18.5 Å². The van der Waals surface area contributed by atoms with Crippen molar-refractivity contribution in [2.24, 2.45) is 0 Å². The predicted molar refractivity (Wildman–Crippen MR) is 78.3 cm³/mol. The minimum Gasteiger partial charge on any atom is -0.306 e. The molecule has 2 aromatic heterocycles. The Bertz CT molecular complexity index is 670. The lowest BCUT2D eigenvalue weighted by molar-refractivity contribution is 0.0175. The fourth-order valence-corrected chi connectivity index (χ4v) is 2.62.